The fourth-order valence-electron chi connectivity index (χ4n) is 6.54. The lowest BCUT2D eigenvalue weighted by Gasteiger charge is -2.15. The Balaban J connectivity index is 1.31. The van der Waals surface area contributed by atoms with Crippen molar-refractivity contribution in [2.45, 2.75) is 0 Å². The average molecular weight is 602 g/mol. The maximum atomic E-state index is 6.23. The van der Waals surface area contributed by atoms with Crippen molar-refractivity contribution in [3.63, 3.8) is 0 Å². The molecule has 0 bridgehead atoms. The van der Waals surface area contributed by atoms with E-state index in [-0.39, 0.29) is 0 Å². The maximum Gasteiger partial charge on any atom is 0.164 e. The molecule has 9 rings (SSSR count). The molecule has 0 saturated carbocycles. The summed E-state index contributed by atoms with van der Waals surface area (Å²) in [5, 5.41) is 4.43. The Bertz CT molecular complexity index is 2570. The lowest BCUT2D eigenvalue weighted by molar-refractivity contribution is 0.669. The van der Waals surface area contributed by atoms with Crippen molar-refractivity contribution in [3.8, 4) is 56.4 Å². The van der Waals surface area contributed by atoms with Crippen molar-refractivity contribution < 1.29 is 4.42 Å². The van der Waals surface area contributed by atoms with Crippen LogP contribution in [0.1, 0.15) is 0 Å². The molecular formula is C43H27N3O. The number of benzene rings is 7. The van der Waals surface area contributed by atoms with Crippen molar-refractivity contribution in [2.24, 2.45) is 0 Å². The zero-order valence-corrected chi connectivity index (χ0v) is 25.3. The number of nitrogens with zero attached hydrogens (tertiary/aromatic N) is 3. The van der Waals surface area contributed by atoms with E-state index < -0.39 is 0 Å². The third-order valence-corrected chi connectivity index (χ3v) is 8.75. The van der Waals surface area contributed by atoms with Crippen LogP contribution in [0.2, 0.25) is 0 Å². The quantitative estimate of drug-likeness (QED) is 0.197. The summed E-state index contributed by atoms with van der Waals surface area (Å²) < 4.78 is 6.23. The third-order valence-electron chi connectivity index (χ3n) is 8.75. The number of para-hydroxylation sites is 1. The minimum atomic E-state index is 0.602. The van der Waals surface area contributed by atoms with Crippen LogP contribution in [0.15, 0.2) is 168 Å². The summed E-state index contributed by atoms with van der Waals surface area (Å²) in [4.78, 5) is 15.3. The van der Waals surface area contributed by atoms with Crippen molar-refractivity contribution in [1.82, 2.24) is 15.0 Å². The van der Waals surface area contributed by atoms with Crippen LogP contribution in [-0.4, -0.2) is 15.0 Å². The first-order valence-corrected chi connectivity index (χ1v) is 15.7. The van der Waals surface area contributed by atoms with Gasteiger partial charge >= 0.3 is 0 Å². The van der Waals surface area contributed by atoms with Gasteiger partial charge in [0.15, 0.2) is 17.5 Å². The molecule has 0 unspecified atom stereocenters. The van der Waals surface area contributed by atoms with Crippen molar-refractivity contribution in [2.75, 3.05) is 0 Å². The minimum absolute atomic E-state index is 0.602. The third kappa shape index (κ3) is 4.75. The Kier molecular flexibility index (Phi) is 6.43. The SMILES string of the molecule is c1ccc(-c2nc(-c3ccc(-c4ccccc4)c(-c4cccc5ccccc45)c3)nc(-c3cccc4oc5ccccc5c34)n2)cc1. The molecule has 0 aliphatic rings. The van der Waals surface area contributed by atoms with Crippen LogP contribution in [0.3, 0.4) is 0 Å². The Morgan fingerprint density at radius 1 is 0.340 bits per heavy atom. The second-order valence-corrected chi connectivity index (χ2v) is 11.6. The molecule has 47 heavy (non-hydrogen) atoms. The van der Waals surface area contributed by atoms with E-state index in [0.717, 1.165) is 60.9 Å². The highest BCUT2D eigenvalue weighted by Crippen LogP contribution is 2.40. The van der Waals surface area contributed by atoms with Crippen LogP contribution in [0.5, 0.6) is 0 Å². The summed E-state index contributed by atoms with van der Waals surface area (Å²) in [7, 11) is 0. The Morgan fingerprint density at radius 3 is 1.77 bits per heavy atom. The van der Waals surface area contributed by atoms with Gasteiger partial charge in [-0.25, -0.2) is 15.0 Å². The van der Waals surface area contributed by atoms with E-state index in [0.29, 0.717) is 17.5 Å². The van der Waals surface area contributed by atoms with Gasteiger partial charge < -0.3 is 4.42 Å². The fraction of sp³-hybridized carbons (Fsp3) is 0. The average Bonchev–Trinajstić information content (AvgIpc) is 3.54. The molecule has 0 aliphatic carbocycles. The molecule has 0 atom stereocenters. The van der Waals surface area contributed by atoms with Gasteiger partial charge in [-0.2, -0.15) is 0 Å². The first-order valence-electron chi connectivity index (χ1n) is 15.7. The van der Waals surface area contributed by atoms with Gasteiger partial charge in [-0.05, 0) is 51.2 Å². The van der Waals surface area contributed by atoms with Gasteiger partial charge in [0.1, 0.15) is 11.2 Å². The maximum absolute atomic E-state index is 6.23. The molecule has 0 fully saturated rings. The second-order valence-electron chi connectivity index (χ2n) is 11.6. The zero-order chi connectivity index (χ0) is 31.2. The van der Waals surface area contributed by atoms with E-state index in [1.807, 2.05) is 60.7 Å². The fourth-order valence-corrected chi connectivity index (χ4v) is 6.54. The number of aromatic nitrogens is 3. The highest BCUT2D eigenvalue weighted by atomic mass is 16.3. The number of furan rings is 1. The summed E-state index contributed by atoms with van der Waals surface area (Å²) in [6, 6.07) is 56.4. The molecule has 0 saturated heterocycles. The first kappa shape index (κ1) is 27.0. The molecule has 0 N–H and O–H groups in total. The summed E-state index contributed by atoms with van der Waals surface area (Å²) >= 11 is 0. The van der Waals surface area contributed by atoms with Gasteiger partial charge in [0.25, 0.3) is 0 Å². The normalized spacial score (nSPS) is 11.4. The standard InChI is InChI=1S/C43H27N3O/c1-3-13-28(14-4-1)33-26-25-31(27-37(33)34-21-11-18-29-15-7-8-19-32(29)34)42-44-41(30-16-5-2-6-17-30)45-43(46-42)36-22-12-24-39-40(36)35-20-9-10-23-38(35)47-39/h1-27H. The summed E-state index contributed by atoms with van der Waals surface area (Å²) in [6.07, 6.45) is 0. The Hall–Kier alpha value is -6.39. The predicted molar refractivity (Wildman–Crippen MR) is 192 cm³/mol. The van der Waals surface area contributed by atoms with Gasteiger partial charge in [-0.1, -0.05) is 146 Å². The lowest BCUT2D eigenvalue weighted by Crippen LogP contribution is -2.01. The number of rotatable bonds is 5. The Morgan fingerprint density at radius 2 is 0.936 bits per heavy atom. The van der Waals surface area contributed by atoms with Gasteiger partial charge in [0, 0.05) is 27.5 Å². The number of fused-ring (bicyclic) bond motifs is 4. The molecule has 4 nitrogen and oxygen atoms in total. The predicted octanol–water partition coefficient (Wildman–Crippen LogP) is 11.3. The first-order chi connectivity index (χ1) is 23.3. The smallest absolute Gasteiger partial charge is 0.164 e. The van der Waals surface area contributed by atoms with Crippen molar-refractivity contribution in [1.29, 1.82) is 0 Å². The second kappa shape index (κ2) is 11.2. The van der Waals surface area contributed by atoms with E-state index in [4.69, 9.17) is 19.4 Å². The minimum Gasteiger partial charge on any atom is -0.456 e. The molecule has 4 heteroatoms. The highest BCUT2D eigenvalue weighted by Gasteiger charge is 2.19. The molecule has 9 aromatic rings. The van der Waals surface area contributed by atoms with E-state index >= 15 is 0 Å². The van der Waals surface area contributed by atoms with Crippen LogP contribution in [0.25, 0.3) is 89.1 Å². The summed E-state index contributed by atoms with van der Waals surface area (Å²) in [6.45, 7) is 0. The lowest BCUT2D eigenvalue weighted by atomic mass is 9.90. The molecule has 2 heterocycles. The number of hydrogen-bond acceptors (Lipinski definition) is 4. The topological polar surface area (TPSA) is 51.8 Å². The van der Waals surface area contributed by atoms with Crippen LogP contribution in [0.4, 0.5) is 0 Å². The van der Waals surface area contributed by atoms with Crippen molar-refractivity contribution in [3.05, 3.63) is 164 Å². The van der Waals surface area contributed by atoms with Gasteiger partial charge in [-0.3, -0.25) is 0 Å². The molecule has 0 spiro atoms. The van der Waals surface area contributed by atoms with Crippen LogP contribution < -0.4 is 0 Å². The summed E-state index contributed by atoms with van der Waals surface area (Å²) in [5.74, 6) is 1.83. The Labute approximate surface area is 271 Å². The molecule has 0 amide bonds. The molecule has 2 aromatic heterocycles. The highest BCUT2D eigenvalue weighted by molar-refractivity contribution is 6.11. The zero-order valence-electron chi connectivity index (χ0n) is 25.3. The van der Waals surface area contributed by atoms with Crippen LogP contribution >= 0.6 is 0 Å². The van der Waals surface area contributed by atoms with E-state index in [2.05, 4.69) is 103 Å². The van der Waals surface area contributed by atoms with Crippen molar-refractivity contribution >= 4 is 32.7 Å². The summed E-state index contributed by atoms with van der Waals surface area (Å²) in [5.41, 5.74) is 8.98. The van der Waals surface area contributed by atoms with Gasteiger partial charge in [0.05, 0.1) is 0 Å². The van der Waals surface area contributed by atoms with Crippen LogP contribution in [0, 0.1) is 0 Å². The van der Waals surface area contributed by atoms with Crippen LogP contribution in [-0.2, 0) is 0 Å². The van der Waals surface area contributed by atoms with Gasteiger partial charge in [0.2, 0.25) is 0 Å². The van der Waals surface area contributed by atoms with E-state index in [1.54, 1.807) is 0 Å². The largest absolute Gasteiger partial charge is 0.456 e. The number of hydrogen-bond donors (Lipinski definition) is 0. The van der Waals surface area contributed by atoms with Gasteiger partial charge in [-0.15, -0.1) is 0 Å². The molecule has 0 radical (unpaired) electrons. The van der Waals surface area contributed by atoms with E-state index in [9.17, 15) is 0 Å². The molecule has 7 aromatic carbocycles. The monoisotopic (exact) mass is 601 g/mol. The molecule has 0 aliphatic heterocycles. The molecular weight excluding hydrogens is 574 g/mol. The molecule has 220 valence electrons. The van der Waals surface area contributed by atoms with E-state index in [1.165, 1.54) is 10.8 Å².